The number of fused-ring (bicyclic) bond motifs is 1. The minimum atomic E-state index is 0.327. The lowest BCUT2D eigenvalue weighted by Gasteiger charge is -2.06. The number of halogens is 1. The van der Waals surface area contributed by atoms with Gasteiger partial charge >= 0.3 is 0 Å². The molecule has 0 saturated heterocycles. The maximum atomic E-state index is 9.72. The topological polar surface area (TPSA) is 20.2 Å². The lowest BCUT2D eigenvalue weighted by Crippen LogP contribution is -1.79. The highest BCUT2D eigenvalue weighted by molar-refractivity contribution is 7.99. The van der Waals surface area contributed by atoms with E-state index in [9.17, 15) is 5.11 Å². The van der Waals surface area contributed by atoms with Crippen LogP contribution in [0.25, 0.3) is 10.8 Å². The third kappa shape index (κ3) is 2.34. The molecule has 16 heavy (non-hydrogen) atoms. The summed E-state index contributed by atoms with van der Waals surface area (Å²) in [5.74, 6) is 1.16. The molecule has 0 amide bonds. The molecule has 0 spiro atoms. The fourth-order valence-corrected chi connectivity index (χ4v) is 2.62. The smallest absolute Gasteiger partial charge is 0.123 e. The molecular formula is C13H11ClOS. The second-order valence-corrected chi connectivity index (χ2v) is 4.61. The van der Waals surface area contributed by atoms with E-state index >= 15 is 0 Å². The Morgan fingerprint density at radius 2 is 1.88 bits per heavy atom. The minimum absolute atomic E-state index is 0.327. The van der Waals surface area contributed by atoms with Crippen LogP contribution < -0.4 is 0 Å². The van der Waals surface area contributed by atoms with E-state index in [1.807, 2.05) is 36.4 Å². The molecule has 0 aliphatic rings. The molecule has 0 heterocycles. The number of hydrogen-bond donors (Lipinski definition) is 1. The maximum absolute atomic E-state index is 9.72. The molecule has 0 bridgehead atoms. The van der Waals surface area contributed by atoms with E-state index in [0.29, 0.717) is 5.75 Å². The summed E-state index contributed by atoms with van der Waals surface area (Å²) in [6.07, 6.45) is 1.90. The van der Waals surface area contributed by atoms with E-state index in [4.69, 9.17) is 11.6 Å². The van der Waals surface area contributed by atoms with Gasteiger partial charge in [0.1, 0.15) is 5.75 Å². The van der Waals surface area contributed by atoms with Crippen molar-refractivity contribution in [2.45, 2.75) is 4.90 Å². The Morgan fingerprint density at radius 3 is 2.62 bits per heavy atom. The van der Waals surface area contributed by atoms with Crippen molar-refractivity contribution in [3.63, 3.8) is 0 Å². The van der Waals surface area contributed by atoms with Gasteiger partial charge in [0.15, 0.2) is 0 Å². The van der Waals surface area contributed by atoms with Gasteiger partial charge in [0.05, 0.1) is 0 Å². The Morgan fingerprint density at radius 1 is 1.12 bits per heavy atom. The molecule has 1 N–H and O–H groups in total. The van der Waals surface area contributed by atoms with Gasteiger partial charge < -0.3 is 5.11 Å². The van der Waals surface area contributed by atoms with Crippen LogP contribution in [-0.4, -0.2) is 10.9 Å². The SMILES string of the molecule is Oc1ccc(SC/C=C/Cl)c2ccccc12. The second-order valence-electron chi connectivity index (χ2n) is 3.30. The Labute approximate surface area is 104 Å². The summed E-state index contributed by atoms with van der Waals surface area (Å²) in [5, 5.41) is 11.7. The van der Waals surface area contributed by atoms with Gasteiger partial charge in [-0.2, -0.15) is 0 Å². The molecule has 0 atom stereocenters. The number of hydrogen-bond acceptors (Lipinski definition) is 2. The van der Waals surface area contributed by atoms with Crippen molar-refractivity contribution in [2.75, 3.05) is 5.75 Å². The summed E-state index contributed by atoms with van der Waals surface area (Å²) in [6, 6.07) is 11.5. The highest BCUT2D eigenvalue weighted by Gasteiger charge is 2.03. The van der Waals surface area contributed by atoms with Gasteiger partial charge in [-0.3, -0.25) is 0 Å². The Balaban J connectivity index is 2.42. The van der Waals surface area contributed by atoms with Gasteiger partial charge in [0.2, 0.25) is 0 Å². The minimum Gasteiger partial charge on any atom is -0.507 e. The molecule has 0 radical (unpaired) electrons. The molecular weight excluding hydrogens is 240 g/mol. The third-order valence-corrected chi connectivity index (χ3v) is 3.49. The maximum Gasteiger partial charge on any atom is 0.123 e. The van der Waals surface area contributed by atoms with Crippen molar-refractivity contribution in [1.29, 1.82) is 0 Å². The molecule has 0 aliphatic carbocycles. The van der Waals surface area contributed by atoms with Crippen LogP contribution in [0.3, 0.4) is 0 Å². The first-order valence-electron chi connectivity index (χ1n) is 4.91. The third-order valence-electron chi connectivity index (χ3n) is 2.29. The monoisotopic (exact) mass is 250 g/mol. The van der Waals surface area contributed by atoms with Crippen molar-refractivity contribution in [2.24, 2.45) is 0 Å². The number of rotatable bonds is 3. The number of phenols is 1. The van der Waals surface area contributed by atoms with Crippen LogP contribution in [0.1, 0.15) is 0 Å². The Hall–Kier alpha value is -1.12. The van der Waals surface area contributed by atoms with Crippen LogP contribution in [-0.2, 0) is 0 Å². The van der Waals surface area contributed by atoms with Gasteiger partial charge in [-0.25, -0.2) is 0 Å². The van der Waals surface area contributed by atoms with Crippen molar-refractivity contribution in [3.05, 3.63) is 48.0 Å². The van der Waals surface area contributed by atoms with Crippen LogP contribution >= 0.6 is 23.4 Å². The Kier molecular flexibility index (Phi) is 3.75. The fraction of sp³-hybridized carbons (Fsp3) is 0.0769. The number of aromatic hydroxyl groups is 1. The quantitative estimate of drug-likeness (QED) is 0.816. The zero-order valence-corrected chi connectivity index (χ0v) is 10.1. The van der Waals surface area contributed by atoms with Gasteiger partial charge in [-0.15, -0.1) is 11.8 Å². The number of phenolic OH excluding ortho intramolecular Hbond substituents is 1. The predicted molar refractivity (Wildman–Crippen MR) is 71.3 cm³/mol. The second kappa shape index (κ2) is 5.28. The van der Waals surface area contributed by atoms with E-state index in [2.05, 4.69) is 0 Å². The summed E-state index contributed by atoms with van der Waals surface area (Å²) in [4.78, 5) is 1.16. The molecule has 0 aromatic heterocycles. The number of benzene rings is 2. The predicted octanol–water partition coefficient (Wildman–Crippen LogP) is 4.39. The number of thioether (sulfide) groups is 1. The summed E-state index contributed by atoms with van der Waals surface area (Å²) < 4.78 is 0. The van der Waals surface area contributed by atoms with E-state index in [-0.39, 0.29) is 0 Å². The van der Waals surface area contributed by atoms with Crippen LogP contribution in [0, 0.1) is 0 Å². The zero-order valence-electron chi connectivity index (χ0n) is 8.56. The standard InChI is InChI=1S/C13H11ClOS/c14-8-3-9-16-13-7-6-12(15)10-4-1-2-5-11(10)13/h1-8,15H,9H2/b8-3+. The van der Waals surface area contributed by atoms with Crippen LogP contribution in [0.2, 0.25) is 0 Å². The van der Waals surface area contributed by atoms with Crippen molar-refractivity contribution in [3.8, 4) is 5.75 Å². The molecule has 0 fully saturated rings. The molecule has 3 heteroatoms. The molecule has 0 aliphatic heterocycles. The van der Waals surface area contributed by atoms with E-state index in [1.54, 1.807) is 17.8 Å². The Bertz CT molecular complexity index is 522. The molecule has 2 aromatic rings. The largest absolute Gasteiger partial charge is 0.507 e. The van der Waals surface area contributed by atoms with Gasteiger partial charge in [0, 0.05) is 21.6 Å². The van der Waals surface area contributed by atoms with Crippen LogP contribution in [0.4, 0.5) is 0 Å². The first-order valence-corrected chi connectivity index (χ1v) is 6.34. The average molecular weight is 251 g/mol. The first-order chi connectivity index (χ1) is 7.83. The van der Waals surface area contributed by atoms with Gasteiger partial charge in [-0.1, -0.05) is 41.9 Å². The highest BCUT2D eigenvalue weighted by atomic mass is 35.5. The van der Waals surface area contributed by atoms with Crippen molar-refractivity contribution < 1.29 is 5.11 Å². The highest BCUT2D eigenvalue weighted by Crippen LogP contribution is 2.33. The summed E-state index contributed by atoms with van der Waals surface area (Å²) >= 11 is 7.18. The van der Waals surface area contributed by atoms with Crippen LogP contribution in [0.15, 0.2) is 52.9 Å². The molecule has 0 saturated carbocycles. The van der Waals surface area contributed by atoms with E-state index < -0.39 is 0 Å². The van der Waals surface area contributed by atoms with Crippen molar-refractivity contribution >= 4 is 34.1 Å². The molecule has 1 nitrogen and oxygen atoms in total. The average Bonchev–Trinajstić information content (AvgIpc) is 2.33. The normalized spacial score (nSPS) is 11.3. The first kappa shape index (κ1) is 11.4. The fourth-order valence-electron chi connectivity index (χ4n) is 1.56. The molecule has 0 unspecified atom stereocenters. The van der Waals surface area contributed by atoms with Gasteiger partial charge in [0.25, 0.3) is 0 Å². The van der Waals surface area contributed by atoms with Crippen molar-refractivity contribution in [1.82, 2.24) is 0 Å². The molecule has 82 valence electrons. The zero-order chi connectivity index (χ0) is 11.4. The summed E-state index contributed by atoms with van der Waals surface area (Å²) in [7, 11) is 0. The lowest BCUT2D eigenvalue weighted by molar-refractivity contribution is 0.481. The van der Waals surface area contributed by atoms with E-state index in [0.717, 1.165) is 21.4 Å². The van der Waals surface area contributed by atoms with Gasteiger partial charge in [-0.05, 0) is 17.5 Å². The molecule has 2 rings (SSSR count). The lowest BCUT2D eigenvalue weighted by atomic mass is 10.1. The van der Waals surface area contributed by atoms with Crippen LogP contribution in [0.5, 0.6) is 5.75 Å². The van der Waals surface area contributed by atoms with E-state index in [1.165, 1.54) is 5.54 Å². The molecule has 2 aromatic carbocycles. The summed E-state index contributed by atoms with van der Waals surface area (Å²) in [5.41, 5.74) is 1.52. The summed E-state index contributed by atoms with van der Waals surface area (Å²) in [6.45, 7) is 0.